The van der Waals surface area contributed by atoms with Crippen LogP contribution in [0.5, 0.6) is 11.6 Å². The lowest BCUT2D eigenvalue weighted by Gasteiger charge is -2.12. The quantitative estimate of drug-likeness (QED) is 0.459. The number of fused-ring (bicyclic) bond motifs is 1. The molecule has 1 amide bonds. The van der Waals surface area contributed by atoms with E-state index in [0.717, 1.165) is 18.9 Å². The number of carbonyl (C=O) groups excluding carboxylic acids is 1. The Balaban J connectivity index is 1.77. The monoisotopic (exact) mass is 448 g/mol. The number of pyridine rings is 1. The summed E-state index contributed by atoms with van der Waals surface area (Å²) in [5.74, 6) is -1.65. The summed E-state index contributed by atoms with van der Waals surface area (Å²) in [7, 11) is 0. The van der Waals surface area contributed by atoms with E-state index < -0.39 is 17.3 Å². The molecule has 1 saturated heterocycles. The highest BCUT2D eigenvalue weighted by Crippen LogP contribution is 2.26. The van der Waals surface area contributed by atoms with Crippen LogP contribution in [0.4, 0.5) is 4.39 Å². The van der Waals surface area contributed by atoms with Crippen LogP contribution in [0.2, 0.25) is 0 Å². The summed E-state index contributed by atoms with van der Waals surface area (Å²) < 4.78 is 26.6. The van der Waals surface area contributed by atoms with Gasteiger partial charge in [0.25, 0.3) is 11.5 Å². The van der Waals surface area contributed by atoms with Crippen LogP contribution < -0.4 is 15.6 Å². The van der Waals surface area contributed by atoms with Gasteiger partial charge in [0.2, 0.25) is 5.88 Å². The topological polar surface area (TPSA) is 106 Å². The third-order valence-corrected chi connectivity index (χ3v) is 5.26. The van der Waals surface area contributed by atoms with Gasteiger partial charge in [-0.3, -0.25) is 14.0 Å². The molecule has 168 valence electrons. The maximum Gasteiger partial charge on any atom is 0.269 e. The number of halogens is 1. The molecule has 1 aromatic carbocycles. The summed E-state index contributed by atoms with van der Waals surface area (Å²) in [6, 6.07) is 10.9. The number of hydrogen-bond donors (Lipinski definition) is 1. The van der Waals surface area contributed by atoms with E-state index in [1.807, 2.05) is 6.07 Å². The smallest absolute Gasteiger partial charge is 0.269 e. The number of aromatic nitrogens is 2. The van der Waals surface area contributed by atoms with Gasteiger partial charge in [-0.2, -0.15) is 10.2 Å². The number of carbonyl (C=O) groups is 1. The minimum atomic E-state index is -0.654. The van der Waals surface area contributed by atoms with E-state index in [4.69, 9.17) is 9.47 Å². The Morgan fingerprint density at radius 2 is 2.21 bits per heavy atom. The summed E-state index contributed by atoms with van der Waals surface area (Å²) in [6.07, 6.45) is 4.26. The molecule has 33 heavy (non-hydrogen) atoms. The molecule has 1 atom stereocenters. The van der Waals surface area contributed by atoms with E-state index in [1.165, 1.54) is 28.8 Å². The van der Waals surface area contributed by atoms with Crippen molar-refractivity contribution in [1.82, 2.24) is 14.7 Å². The van der Waals surface area contributed by atoms with Gasteiger partial charge in [0.05, 0.1) is 6.10 Å². The number of nitriles is 1. The molecule has 2 aromatic heterocycles. The first-order valence-electron chi connectivity index (χ1n) is 10.4. The SMILES string of the molecule is Cc1cccn2c(=O)c(/C=C(\C#N)C(=O)NC[C@@H]3CCCO3)c(Oc3ccccc3F)nc12. The van der Waals surface area contributed by atoms with Crippen molar-refractivity contribution in [1.29, 1.82) is 5.26 Å². The molecule has 3 heterocycles. The Hall–Kier alpha value is -4.03. The number of nitrogens with one attached hydrogen (secondary N) is 1. The van der Waals surface area contributed by atoms with Crippen LogP contribution >= 0.6 is 0 Å². The molecular weight excluding hydrogens is 427 g/mol. The number of para-hydroxylation sites is 1. The van der Waals surface area contributed by atoms with Crippen molar-refractivity contribution in [2.75, 3.05) is 13.2 Å². The molecule has 0 unspecified atom stereocenters. The van der Waals surface area contributed by atoms with Crippen molar-refractivity contribution in [2.45, 2.75) is 25.9 Å². The predicted octanol–water partition coefficient (Wildman–Crippen LogP) is 3.14. The molecule has 0 aliphatic carbocycles. The van der Waals surface area contributed by atoms with E-state index in [0.29, 0.717) is 17.8 Å². The summed E-state index contributed by atoms with van der Waals surface area (Å²) in [5.41, 5.74) is -0.0107. The Morgan fingerprint density at radius 1 is 1.39 bits per heavy atom. The van der Waals surface area contributed by atoms with E-state index in [9.17, 15) is 19.2 Å². The van der Waals surface area contributed by atoms with Gasteiger partial charge >= 0.3 is 0 Å². The van der Waals surface area contributed by atoms with Gasteiger partial charge in [-0.1, -0.05) is 18.2 Å². The molecule has 4 rings (SSSR count). The number of amides is 1. The Morgan fingerprint density at radius 3 is 2.94 bits per heavy atom. The fraction of sp³-hybridized carbons (Fsp3) is 0.250. The van der Waals surface area contributed by atoms with Crippen molar-refractivity contribution in [3.63, 3.8) is 0 Å². The summed E-state index contributed by atoms with van der Waals surface area (Å²) >= 11 is 0. The number of benzene rings is 1. The Kier molecular flexibility index (Phi) is 6.47. The predicted molar refractivity (Wildman–Crippen MR) is 118 cm³/mol. The molecule has 8 nitrogen and oxygen atoms in total. The Labute approximate surface area is 188 Å². The Bertz CT molecular complexity index is 1340. The first kappa shape index (κ1) is 22.2. The lowest BCUT2D eigenvalue weighted by molar-refractivity contribution is -0.117. The van der Waals surface area contributed by atoms with Crippen LogP contribution in [0.1, 0.15) is 24.0 Å². The molecule has 9 heteroatoms. The highest BCUT2D eigenvalue weighted by Gasteiger charge is 2.21. The third kappa shape index (κ3) is 4.76. The standard InChI is InChI=1S/C24H21FN4O4/c1-15-6-4-10-29-21(15)28-23(33-20-9-3-2-8-19(20)25)18(24(29)31)12-16(13-26)22(30)27-14-17-7-5-11-32-17/h2-4,6,8-10,12,17H,5,7,11,14H2,1H3,(H,27,30)/b16-12+/t17-/m0/s1. The highest BCUT2D eigenvalue weighted by atomic mass is 19.1. The molecule has 1 N–H and O–H groups in total. The average Bonchev–Trinajstić information content (AvgIpc) is 3.33. The molecule has 0 bridgehead atoms. The molecule has 0 spiro atoms. The van der Waals surface area contributed by atoms with E-state index in [-0.39, 0.29) is 35.4 Å². The van der Waals surface area contributed by atoms with Crippen LogP contribution in [0.25, 0.3) is 11.7 Å². The van der Waals surface area contributed by atoms with Crippen LogP contribution in [0, 0.1) is 24.1 Å². The molecular formula is C24H21FN4O4. The van der Waals surface area contributed by atoms with Crippen LogP contribution in [0.3, 0.4) is 0 Å². The first-order valence-corrected chi connectivity index (χ1v) is 10.4. The molecule has 1 aliphatic heterocycles. The highest BCUT2D eigenvalue weighted by molar-refractivity contribution is 6.01. The fourth-order valence-electron chi connectivity index (χ4n) is 3.53. The second-order valence-electron chi connectivity index (χ2n) is 7.57. The minimum Gasteiger partial charge on any atom is -0.435 e. The van der Waals surface area contributed by atoms with Crippen molar-refractivity contribution < 1.29 is 18.7 Å². The van der Waals surface area contributed by atoms with E-state index in [2.05, 4.69) is 10.3 Å². The lowest BCUT2D eigenvalue weighted by Crippen LogP contribution is -2.32. The van der Waals surface area contributed by atoms with Crippen molar-refractivity contribution in [2.24, 2.45) is 0 Å². The molecule has 1 fully saturated rings. The largest absolute Gasteiger partial charge is 0.435 e. The third-order valence-electron chi connectivity index (χ3n) is 5.26. The second-order valence-corrected chi connectivity index (χ2v) is 7.57. The molecule has 0 radical (unpaired) electrons. The number of ether oxygens (including phenoxy) is 2. The molecule has 0 saturated carbocycles. The summed E-state index contributed by atoms with van der Waals surface area (Å²) in [6.45, 7) is 2.66. The van der Waals surface area contributed by atoms with Gasteiger partial charge in [0.1, 0.15) is 22.9 Å². The number of rotatable bonds is 6. The van der Waals surface area contributed by atoms with E-state index in [1.54, 1.807) is 25.1 Å². The van der Waals surface area contributed by atoms with Crippen LogP contribution in [-0.2, 0) is 9.53 Å². The number of aryl methyl sites for hydroxylation is 1. The van der Waals surface area contributed by atoms with Gasteiger partial charge in [-0.15, -0.1) is 0 Å². The van der Waals surface area contributed by atoms with Gasteiger partial charge in [0.15, 0.2) is 11.6 Å². The summed E-state index contributed by atoms with van der Waals surface area (Å²) in [4.78, 5) is 30.3. The lowest BCUT2D eigenvalue weighted by atomic mass is 10.1. The normalized spacial score (nSPS) is 15.9. The maximum atomic E-state index is 14.2. The van der Waals surface area contributed by atoms with Crippen molar-refractivity contribution in [3.8, 4) is 17.7 Å². The zero-order valence-corrected chi connectivity index (χ0v) is 17.9. The maximum absolute atomic E-state index is 14.2. The van der Waals surface area contributed by atoms with Crippen LogP contribution in [-0.4, -0.2) is 34.5 Å². The van der Waals surface area contributed by atoms with Crippen LogP contribution in [0.15, 0.2) is 53.0 Å². The first-order chi connectivity index (χ1) is 16.0. The van der Waals surface area contributed by atoms with Gasteiger partial charge < -0.3 is 14.8 Å². The minimum absolute atomic E-state index is 0.107. The molecule has 3 aromatic rings. The van der Waals surface area contributed by atoms with Crippen molar-refractivity contribution in [3.05, 3.63) is 75.5 Å². The average molecular weight is 448 g/mol. The molecule has 1 aliphatic rings. The van der Waals surface area contributed by atoms with E-state index >= 15 is 0 Å². The van der Waals surface area contributed by atoms with Gasteiger partial charge in [-0.05, 0) is 49.6 Å². The number of hydrogen-bond acceptors (Lipinski definition) is 6. The zero-order valence-electron chi connectivity index (χ0n) is 17.9. The second kappa shape index (κ2) is 9.63. The fourth-order valence-corrected chi connectivity index (χ4v) is 3.53. The number of nitrogens with zero attached hydrogens (tertiary/aromatic N) is 3. The zero-order chi connectivity index (χ0) is 23.4. The van der Waals surface area contributed by atoms with Crippen molar-refractivity contribution >= 4 is 17.6 Å². The summed E-state index contributed by atoms with van der Waals surface area (Å²) in [5, 5.41) is 12.2. The van der Waals surface area contributed by atoms with Gasteiger partial charge in [0, 0.05) is 19.3 Å². The van der Waals surface area contributed by atoms with Gasteiger partial charge in [-0.25, -0.2) is 4.39 Å².